The Kier molecular flexibility index (Phi) is 5.95. The van der Waals surface area contributed by atoms with Crippen LogP contribution in [0.15, 0.2) is 48.5 Å². The predicted octanol–water partition coefficient (Wildman–Crippen LogP) is 3.75. The summed E-state index contributed by atoms with van der Waals surface area (Å²) in [6.07, 6.45) is -0.237. The van der Waals surface area contributed by atoms with Gasteiger partial charge in [0.15, 0.2) is 6.10 Å². The van der Waals surface area contributed by atoms with Crippen molar-refractivity contribution in [2.24, 2.45) is 0 Å². The molecule has 24 heavy (non-hydrogen) atoms. The fraction of sp³-hybridized carbons (Fsp3) is 0.263. The third-order valence-corrected chi connectivity index (χ3v) is 3.44. The molecule has 5 heteroatoms. The number of benzene rings is 2. The van der Waals surface area contributed by atoms with Crippen molar-refractivity contribution in [3.63, 3.8) is 0 Å². The molecule has 126 valence electrons. The number of carbonyl (C=O) groups excluding carboxylic acids is 2. The fourth-order valence-electron chi connectivity index (χ4n) is 2.04. The molecule has 0 aromatic heterocycles. The lowest BCUT2D eigenvalue weighted by Crippen LogP contribution is -2.30. The average molecular weight is 326 g/mol. The molecule has 0 aliphatic heterocycles. The summed E-state index contributed by atoms with van der Waals surface area (Å²) < 4.78 is 5.63. The van der Waals surface area contributed by atoms with Gasteiger partial charge in [-0.2, -0.15) is 0 Å². The monoisotopic (exact) mass is 326 g/mol. The van der Waals surface area contributed by atoms with Crippen LogP contribution in [0, 0.1) is 6.92 Å². The number of rotatable bonds is 6. The van der Waals surface area contributed by atoms with Crippen molar-refractivity contribution in [2.45, 2.75) is 33.3 Å². The van der Waals surface area contributed by atoms with Gasteiger partial charge in [-0.05, 0) is 44.2 Å². The van der Waals surface area contributed by atoms with E-state index in [0.717, 1.165) is 5.56 Å². The molecule has 2 aromatic rings. The van der Waals surface area contributed by atoms with E-state index >= 15 is 0 Å². The molecular weight excluding hydrogens is 304 g/mol. The average Bonchev–Trinajstić information content (AvgIpc) is 2.57. The van der Waals surface area contributed by atoms with Crippen LogP contribution in [0.3, 0.4) is 0 Å². The van der Waals surface area contributed by atoms with E-state index in [1.807, 2.05) is 31.2 Å². The van der Waals surface area contributed by atoms with Crippen molar-refractivity contribution in [2.75, 3.05) is 10.6 Å². The third kappa shape index (κ3) is 5.12. The molecule has 2 amide bonds. The first kappa shape index (κ1) is 17.5. The molecule has 2 rings (SSSR count). The summed E-state index contributed by atoms with van der Waals surface area (Å²) in [7, 11) is 0. The third-order valence-electron chi connectivity index (χ3n) is 3.44. The lowest BCUT2D eigenvalue weighted by atomic mass is 10.2. The van der Waals surface area contributed by atoms with Crippen molar-refractivity contribution in [3.8, 4) is 5.75 Å². The topological polar surface area (TPSA) is 67.4 Å². The van der Waals surface area contributed by atoms with Gasteiger partial charge in [0.1, 0.15) is 5.75 Å². The number of nitrogens with one attached hydrogen (secondary N) is 2. The van der Waals surface area contributed by atoms with E-state index in [9.17, 15) is 9.59 Å². The van der Waals surface area contributed by atoms with E-state index in [2.05, 4.69) is 10.6 Å². The molecule has 0 fully saturated rings. The molecule has 5 nitrogen and oxygen atoms in total. The highest BCUT2D eigenvalue weighted by Gasteiger charge is 2.15. The van der Waals surface area contributed by atoms with Gasteiger partial charge < -0.3 is 15.4 Å². The second-order valence-electron chi connectivity index (χ2n) is 5.54. The van der Waals surface area contributed by atoms with E-state index in [4.69, 9.17) is 4.74 Å². The molecule has 2 N–H and O–H groups in total. The van der Waals surface area contributed by atoms with Crippen molar-refractivity contribution < 1.29 is 14.3 Å². The van der Waals surface area contributed by atoms with Crippen molar-refractivity contribution in [1.82, 2.24) is 0 Å². The first-order valence-corrected chi connectivity index (χ1v) is 7.92. The Morgan fingerprint density at radius 2 is 1.67 bits per heavy atom. The Morgan fingerprint density at radius 1 is 1.04 bits per heavy atom. The summed E-state index contributed by atoms with van der Waals surface area (Å²) in [5.41, 5.74) is 2.38. The maximum absolute atomic E-state index is 12.2. The number of amides is 2. The predicted molar refractivity (Wildman–Crippen MR) is 95.3 cm³/mol. The van der Waals surface area contributed by atoms with Crippen LogP contribution in [0.25, 0.3) is 0 Å². The highest BCUT2D eigenvalue weighted by atomic mass is 16.5. The summed E-state index contributed by atoms with van der Waals surface area (Å²) in [6, 6.07) is 14.5. The Balaban J connectivity index is 1.96. The number of anilines is 2. The van der Waals surface area contributed by atoms with Gasteiger partial charge in [-0.1, -0.05) is 30.7 Å². The van der Waals surface area contributed by atoms with E-state index in [0.29, 0.717) is 23.5 Å². The van der Waals surface area contributed by atoms with Gasteiger partial charge in [-0.25, -0.2) is 0 Å². The second kappa shape index (κ2) is 8.15. The second-order valence-corrected chi connectivity index (χ2v) is 5.54. The molecule has 2 aromatic carbocycles. The van der Waals surface area contributed by atoms with Crippen LogP contribution in [-0.4, -0.2) is 17.9 Å². The molecule has 0 bridgehead atoms. The summed E-state index contributed by atoms with van der Waals surface area (Å²) >= 11 is 0. The number of ether oxygens (including phenoxy) is 1. The normalized spacial score (nSPS) is 11.5. The quantitative estimate of drug-likeness (QED) is 0.849. The minimum atomic E-state index is -0.637. The Hall–Kier alpha value is -2.82. The van der Waals surface area contributed by atoms with E-state index in [1.165, 1.54) is 0 Å². The Labute approximate surface area is 142 Å². The summed E-state index contributed by atoms with van der Waals surface area (Å²) in [4.78, 5) is 23.7. The lowest BCUT2D eigenvalue weighted by Gasteiger charge is -2.15. The number of hydrogen-bond acceptors (Lipinski definition) is 3. The van der Waals surface area contributed by atoms with Crippen LogP contribution in [0.5, 0.6) is 5.75 Å². The highest BCUT2D eigenvalue weighted by Crippen LogP contribution is 2.17. The lowest BCUT2D eigenvalue weighted by molar-refractivity contribution is -0.122. The molecule has 0 radical (unpaired) electrons. The van der Waals surface area contributed by atoms with Gasteiger partial charge in [0.25, 0.3) is 5.91 Å². The first-order chi connectivity index (χ1) is 11.5. The molecule has 0 aliphatic rings. The van der Waals surface area contributed by atoms with Gasteiger partial charge >= 0.3 is 0 Å². The van der Waals surface area contributed by atoms with E-state index in [1.54, 1.807) is 38.1 Å². The molecule has 0 spiro atoms. The maximum Gasteiger partial charge on any atom is 0.265 e. The van der Waals surface area contributed by atoms with Crippen LogP contribution in [0.4, 0.5) is 11.4 Å². The number of carbonyl (C=O) groups is 2. The highest BCUT2D eigenvalue weighted by molar-refractivity contribution is 5.95. The molecule has 0 aliphatic carbocycles. The molecule has 0 heterocycles. The zero-order valence-corrected chi connectivity index (χ0v) is 14.1. The zero-order chi connectivity index (χ0) is 17.5. The van der Waals surface area contributed by atoms with Crippen LogP contribution in [-0.2, 0) is 9.59 Å². The smallest absolute Gasteiger partial charge is 0.265 e. The molecule has 0 unspecified atom stereocenters. The van der Waals surface area contributed by atoms with E-state index < -0.39 is 6.10 Å². The van der Waals surface area contributed by atoms with Crippen LogP contribution in [0.2, 0.25) is 0 Å². The largest absolute Gasteiger partial charge is 0.481 e. The van der Waals surface area contributed by atoms with Crippen LogP contribution >= 0.6 is 0 Å². The molecule has 0 saturated heterocycles. The summed E-state index contributed by atoms with van der Waals surface area (Å²) in [5, 5.41) is 5.55. The minimum absolute atomic E-state index is 0.0745. The van der Waals surface area contributed by atoms with E-state index in [-0.39, 0.29) is 11.8 Å². The molecule has 0 saturated carbocycles. The summed E-state index contributed by atoms with van der Waals surface area (Å²) in [5.74, 6) is 0.316. The Morgan fingerprint density at radius 3 is 2.29 bits per heavy atom. The number of aryl methyl sites for hydroxylation is 1. The van der Waals surface area contributed by atoms with Crippen LogP contribution in [0.1, 0.15) is 25.8 Å². The molecule has 1 atom stereocenters. The SMILES string of the molecule is CCC(=O)Nc1cccc(NC(=O)[C@@H](C)Oc2ccc(C)cc2)c1. The van der Waals surface area contributed by atoms with Gasteiger partial charge in [-0.3, -0.25) is 9.59 Å². The standard InChI is InChI=1S/C19H22N2O3/c1-4-18(22)20-15-6-5-7-16(12-15)21-19(23)14(3)24-17-10-8-13(2)9-11-17/h5-12,14H,4H2,1-3H3,(H,20,22)(H,21,23)/t14-/m1/s1. The first-order valence-electron chi connectivity index (χ1n) is 7.92. The number of hydrogen-bond donors (Lipinski definition) is 2. The maximum atomic E-state index is 12.2. The summed E-state index contributed by atoms with van der Waals surface area (Å²) in [6.45, 7) is 5.47. The zero-order valence-electron chi connectivity index (χ0n) is 14.1. The van der Waals surface area contributed by atoms with Crippen molar-refractivity contribution >= 4 is 23.2 Å². The van der Waals surface area contributed by atoms with Crippen molar-refractivity contribution in [3.05, 3.63) is 54.1 Å². The Bertz CT molecular complexity index is 711. The fourth-order valence-corrected chi connectivity index (χ4v) is 2.04. The van der Waals surface area contributed by atoms with Gasteiger partial charge in [0.2, 0.25) is 5.91 Å². The minimum Gasteiger partial charge on any atom is -0.481 e. The van der Waals surface area contributed by atoms with Gasteiger partial charge in [0.05, 0.1) is 0 Å². The van der Waals surface area contributed by atoms with Gasteiger partial charge in [-0.15, -0.1) is 0 Å². The molecular formula is C19H22N2O3. The van der Waals surface area contributed by atoms with Crippen molar-refractivity contribution in [1.29, 1.82) is 0 Å². The van der Waals surface area contributed by atoms with Gasteiger partial charge in [0, 0.05) is 17.8 Å². The van der Waals surface area contributed by atoms with Crippen LogP contribution < -0.4 is 15.4 Å².